The van der Waals surface area contributed by atoms with E-state index in [0.29, 0.717) is 49.6 Å². The Balaban J connectivity index is 2.16. The second-order valence-electron chi connectivity index (χ2n) is 6.46. The molecule has 0 aliphatic carbocycles. The fourth-order valence-corrected chi connectivity index (χ4v) is 4.36. The molecule has 0 fully saturated rings. The smallest absolute Gasteiger partial charge is 0.193 e. The number of pyridine rings is 1. The third-order valence-corrected chi connectivity index (χ3v) is 5.77. The molecule has 0 bridgehead atoms. The highest BCUT2D eigenvalue weighted by atomic mass is 79.9. The van der Waals surface area contributed by atoms with E-state index in [-0.39, 0.29) is 12.4 Å². The van der Waals surface area contributed by atoms with Crippen molar-refractivity contribution in [3.05, 3.63) is 56.9 Å². The first-order chi connectivity index (χ1) is 14.9. The largest absolute Gasteiger partial charge is 0.397 e. The molecule has 0 spiro atoms. The van der Waals surface area contributed by atoms with Gasteiger partial charge in [0.1, 0.15) is 39.4 Å². The highest BCUT2D eigenvalue weighted by Gasteiger charge is 2.25. The molecule has 10 heteroatoms. The lowest BCUT2D eigenvalue weighted by molar-refractivity contribution is 0.503. The number of halogens is 3. The molecule has 2 aromatic heterocycles. The molecule has 0 unspecified atom stereocenters. The maximum atomic E-state index is 13.6. The molecule has 0 aliphatic rings. The number of rotatable bonds is 6. The number of amidine groups is 1. The molecule has 0 atom stereocenters. The van der Waals surface area contributed by atoms with Gasteiger partial charge in [-0.05, 0) is 65.7 Å². The molecule has 0 saturated carbocycles. The van der Waals surface area contributed by atoms with Crippen LogP contribution in [0.5, 0.6) is 0 Å². The quantitative estimate of drug-likeness (QED) is 0.286. The lowest BCUT2D eigenvalue weighted by Crippen LogP contribution is -2.35. The van der Waals surface area contributed by atoms with Gasteiger partial charge >= 0.3 is 0 Å². The zero-order valence-electron chi connectivity index (χ0n) is 16.9. The molecule has 0 aliphatic heterocycles. The van der Waals surface area contributed by atoms with Crippen molar-refractivity contribution < 1.29 is 8.78 Å². The third-order valence-electron chi connectivity index (χ3n) is 4.38. The van der Waals surface area contributed by atoms with E-state index in [2.05, 4.69) is 37.0 Å². The number of alkyl halides is 1. The van der Waals surface area contributed by atoms with Crippen LogP contribution >= 0.6 is 27.3 Å². The highest BCUT2D eigenvalue weighted by molar-refractivity contribution is 9.10. The molecule has 0 amide bonds. The van der Waals surface area contributed by atoms with Gasteiger partial charge in [-0.1, -0.05) is 11.3 Å². The van der Waals surface area contributed by atoms with Gasteiger partial charge in [0.25, 0.3) is 0 Å². The van der Waals surface area contributed by atoms with Crippen LogP contribution < -0.4 is 10.6 Å². The normalized spacial score (nSPS) is 11.4. The lowest BCUT2D eigenvalue weighted by Gasteiger charge is -2.23. The molecular weight excluding hydrogens is 486 g/mol. The molecule has 0 radical (unpaired) electrons. The van der Waals surface area contributed by atoms with Gasteiger partial charge in [-0.15, -0.1) is 0 Å². The zero-order valence-corrected chi connectivity index (χ0v) is 19.3. The number of aromatic nitrogens is 2. The third kappa shape index (κ3) is 4.89. The number of hydrogen-bond donors (Lipinski definition) is 1. The highest BCUT2D eigenvalue weighted by Crippen LogP contribution is 2.34. The number of hydrogen-bond acceptors (Lipinski definition) is 6. The van der Waals surface area contributed by atoms with Crippen LogP contribution in [0.2, 0.25) is 0 Å². The van der Waals surface area contributed by atoms with E-state index >= 15 is 0 Å². The Bertz CT molecular complexity index is 1150. The van der Waals surface area contributed by atoms with Gasteiger partial charge in [-0.25, -0.2) is 18.7 Å². The first-order valence-corrected chi connectivity index (χ1v) is 11.0. The van der Waals surface area contributed by atoms with Crippen molar-refractivity contribution in [3.63, 3.8) is 0 Å². The Morgan fingerprint density at radius 2 is 2.03 bits per heavy atom. The Kier molecular flexibility index (Phi) is 7.30. The summed E-state index contributed by atoms with van der Waals surface area (Å²) < 4.78 is 27.5. The van der Waals surface area contributed by atoms with Crippen molar-refractivity contribution >= 4 is 43.9 Å². The second-order valence-corrected chi connectivity index (χ2v) is 8.25. The Labute approximate surface area is 191 Å². The minimum Gasteiger partial charge on any atom is -0.397 e. The average Bonchev–Trinajstić information content (AvgIpc) is 3.18. The van der Waals surface area contributed by atoms with Gasteiger partial charge in [0, 0.05) is 12.1 Å². The molecule has 0 saturated heterocycles. The summed E-state index contributed by atoms with van der Waals surface area (Å²) >= 11 is 4.48. The molecule has 3 aromatic rings. The van der Waals surface area contributed by atoms with Crippen molar-refractivity contribution in [1.29, 1.82) is 5.26 Å². The number of anilines is 2. The van der Waals surface area contributed by atoms with Crippen molar-refractivity contribution in [1.82, 2.24) is 9.97 Å². The number of aryl methyl sites for hydroxylation is 1. The van der Waals surface area contributed by atoms with Gasteiger partial charge in [0.05, 0.1) is 12.2 Å². The molecule has 6 nitrogen and oxygen atoms in total. The first kappa shape index (κ1) is 22.8. The molecular formula is C21H19BrF2N6S. The van der Waals surface area contributed by atoms with Crippen LogP contribution in [0.25, 0.3) is 11.3 Å². The summed E-state index contributed by atoms with van der Waals surface area (Å²) in [4.78, 5) is 15.5. The van der Waals surface area contributed by atoms with Crippen LogP contribution in [0.4, 0.5) is 19.6 Å². The predicted molar refractivity (Wildman–Crippen MR) is 124 cm³/mol. The Morgan fingerprint density at radius 1 is 1.32 bits per heavy atom. The SMILES string of the molecule is CCN=C(c1nc(Br)cc(C)c1N)N(CCF)c1nc(-c2ccc(F)cc2)c(C#N)s1. The van der Waals surface area contributed by atoms with Crippen molar-refractivity contribution in [3.8, 4) is 17.3 Å². The van der Waals surface area contributed by atoms with Gasteiger partial charge in [0.15, 0.2) is 11.0 Å². The van der Waals surface area contributed by atoms with Crippen molar-refractivity contribution in [2.24, 2.45) is 4.99 Å². The molecule has 2 N–H and O–H groups in total. The van der Waals surface area contributed by atoms with Gasteiger partial charge < -0.3 is 5.73 Å². The molecule has 1 aromatic carbocycles. The summed E-state index contributed by atoms with van der Waals surface area (Å²) in [7, 11) is 0. The summed E-state index contributed by atoms with van der Waals surface area (Å²) in [6.07, 6.45) is 0. The standard InChI is InChI=1S/C21H19BrF2N6S/c1-3-27-20(19-17(26)12(2)10-16(22)28-19)30(9-8-23)21-29-18(15(11-25)31-21)13-4-6-14(24)7-5-13/h4-7,10H,3,8-9,26H2,1-2H3. The van der Waals surface area contributed by atoms with Gasteiger partial charge in [-0.3, -0.25) is 9.89 Å². The summed E-state index contributed by atoms with van der Waals surface area (Å²) in [5.41, 5.74) is 8.88. The van der Waals surface area contributed by atoms with Crippen LogP contribution in [0.1, 0.15) is 23.1 Å². The number of aliphatic imine (C=N–C) groups is 1. The van der Waals surface area contributed by atoms with Crippen LogP contribution in [0.15, 0.2) is 39.9 Å². The van der Waals surface area contributed by atoms with E-state index in [1.807, 2.05) is 13.8 Å². The number of nitrogens with zero attached hydrogens (tertiary/aromatic N) is 5. The predicted octanol–water partition coefficient (Wildman–Crippen LogP) is 5.11. The van der Waals surface area contributed by atoms with E-state index in [4.69, 9.17) is 5.73 Å². The Morgan fingerprint density at radius 3 is 2.65 bits per heavy atom. The van der Waals surface area contributed by atoms with Crippen LogP contribution in [-0.2, 0) is 0 Å². The van der Waals surface area contributed by atoms with Crippen LogP contribution in [-0.4, -0.2) is 35.6 Å². The minimum atomic E-state index is -0.678. The van der Waals surface area contributed by atoms with E-state index < -0.39 is 6.67 Å². The number of nitrogens with two attached hydrogens (primary N) is 1. The maximum absolute atomic E-state index is 13.6. The number of benzene rings is 1. The maximum Gasteiger partial charge on any atom is 0.193 e. The summed E-state index contributed by atoms with van der Waals surface area (Å²) in [5, 5.41) is 9.99. The van der Waals surface area contributed by atoms with Crippen molar-refractivity contribution in [2.45, 2.75) is 13.8 Å². The van der Waals surface area contributed by atoms with Gasteiger partial charge in [0.2, 0.25) is 0 Å². The topological polar surface area (TPSA) is 91.2 Å². The molecule has 31 heavy (non-hydrogen) atoms. The number of nitriles is 1. The second kappa shape index (κ2) is 9.94. The summed E-state index contributed by atoms with van der Waals surface area (Å²) in [6, 6.07) is 9.60. The Hall–Kier alpha value is -2.90. The fraction of sp³-hybridized carbons (Fsp3) is 0.238. The molecule has 160 valence electrons. The van der Waals surface area contributed by atoms with E-state index in [0.717, 1.165) is 16.9 Å². The van der Waals surface area contributed by atoms with E-state index in [1.165, 1.54) is 12.1 Å². The fourth-order valence-electron chi connectivity index (χ4n) is 2.93. The lowest BCUT2D eigenvalue weighted by atomic mass is 10.1. The number of nitrogen functional groups attached to an aromatic ring is 1. The van der Waals surface area contributed by atoms with Crippen LogP contribution in [0.3, 0.4) is 0 Å². The molecule has 2 heterocycles. The van der Waals surface area contributed by atoms with Gasteiger partial charge in [-0.2, -0.15) is 5.26 Å². The van der Waals surface area contributed by atoms with Crippen molar-refractivity contribution in [2.75, 3.05) is 30.4 Å². The summed E-state index contributed by atoms with van der Waals surface area (Å²) in [5.74, 6) is -0.0216. The zero-order chi connectivity index (χ0) is 22.5. The first-order valence-electron chi connectivity index (χ1n) is 9.37. The minimum absolute atomic E-state index is 0.0489. The average molecular weight is 505 g/mol. The van der Waals surface area contributed by atoms with E-state index in [9.17, 15) is 14.0 Å². The summed E-state index contributed by atoms with van der Waals surface area (Å²) in [6.45, 7) is 3.38. The monoisotopic (exact) mass is 504 g/mol. The van der Waals surface area contributed by atoms with E-state index in [1.54, 1.807) is 23.1 Å². The van der Waals surface area contributed by atoms with Crippen LogP contribution in [0, 0.1) is 24.1 Å². The number of thiazole rings is 1. The molecule has 3 rings (SSSR count).